The molecule has 5 rings (SSSR count). The van der Waals surface area contributed by atoms with Crippen molar-refractivity contribution in [3.8, 4) is 11.1 Å². The Morgan fingerprint density at radius 3 is 1.77 bits per heavy atom. The maximum atomic E-state index is 13.2. The van der Waals surface area contributed by atoms with Crippen LogP contribution in [0.2, 0.25) is 0 Å². The van der Waals surface area contributed by atoms with Crippen molar-refractivity contribution in [1.82, 2.24) is 4.90 Å². The van der Waals surface area contributed by atoms with Gasteiger partial charge in [0.2, 0.25) is 0 Å². The molecule has 0 aromatic heterocycles. The van der Waals surface area contributed by atoms with E-state index in [4.69, 9.17) is 0 Å². The van der Waals surface area contributed by atoms with E-state index in [2.05, 4.69) is 58.3 Å². The summed E-state index contributed by atoms with van der Waals surface area (Å²) in [5.74, 6) is -0.174. The number of fused-ring (bicyclic) bond motifs is 3. The zero-order valence-electron chi connectivity index (χ0n) is 14.6. The van der Waals surface area contributed by atoms with Gasteiger partial charge in [-0.15, -0.1) is 0 Å². The monoisotopic (exact) mass is 344 g/mol. The molecule has 3 aromatic carbocycles. The van der Waals surface area contributed by atoms with Crippen molar-refractivity contribution in [2.75, 3.05) is 31.1 Å². The van der Waals surface area contributed by atoms with Crippen LogP contribution in [0.25, 0.3) is 11.1 Å². The Morgan fingerprint density at radius 1 is 0.654 bits per heavy atom. The summed E-state index contributed by atoms with van der Waals surface area (Å²) in [5, 5.41) is 0. The van der Waals surface area contributed by atoms with Crippen LogP contribution < -0.4 is 4.90 Å². The van der Waals surface area contributed by atoms with E-state index in [9.17, 15) is 4.39 Å². The molecule has 2 nitrogen and oxygen atoms in total. The highest BCUT2D eigenvalue weighted by Gasteiger charge is 2.34. The first kappa shape index (κ1) is 15.6. The highest BCUT2D eigenvalue weighted by atomic mass is 19.1. The Hall–Kier alpha value is -2.65. The van der Waals surface area contributed by atoms with Crippen LogP contribution in [0, 0.1) is 5.82 Å². The smallest absolute Gasteiger partial charge is 0.123 e. The number of rotatable bonds is 2. The predicted molar refractivity (Wildman–Crippen MR) is 104 cm³/mol. The second-order valence-electron chi connectivity index (χ2n) is 7.08. The minimum absolute atomic E-state index is 0.174. The van der Waals surface area contributed by atoms with E-state index in [0.29, 0.717) is 6.04 Å². The zero-order valence-corrected chi connectivity index (χ0v) is 14.6. The Labute approximate surface area is 153 Å². The van der Waals surface area contributed by atoms with Gasteiger partial charge in [-0.2, -0.15) is 0 Å². The molecule has 1 fully saturated rings. The van der Waals surface area contributed by atoms with Gasteiger partial charge in [0, 0.05) is 31.9 Å². The molecule has 1 aliphatic carbocycles. The minimum atomic E-state index is -0.174. The van der Waals surface area contributed by atoms with Crippen LogP contribution in [0.15, 0.2) is 72.8 Å². The molecule has 0 amide bonds. The van der Waals surface area contributed by atoms with Gasteiger partial charge in [-0.1, -0.05) is 48.5 Å². The molecule has 0 radical (unpaired) electrons. The summed E-state index contributed by atoms with van der Waals surface area (Å²) >= 11 is 0. The average Bonchev–Trinajstić information content (AvgIpc) is 3.03. The summed E-state index contributed by atoms with van der Waals surface area (Å²) in [5.41, 5.74) is 6.69. The molecule has 1 heterocycles. The summed E-state index contributed by atoms with van der Waals surface area (Å²) in [7, 11) is 0. The lowest BCUT2D eigenvalue weighted by Gasteiger charge is -2.39. The number of hydrogen-bond donors (Lipinski definition) is 0. The Bertz CT molecular complexity index is 881. The molecule has 0 spiro atoms. The normalized spacial score (nSPS) is 17.2. The van der Waals surface area contributed by atoms with E-state index in [1.165, 1.54) is 22.3 Å². The average molecular weight is 344 g/mol. The fourth-order valence-electron chi connectivity index (χ4n) is 4.41. The fourth-order valence-corrected chi connectivity index (χ4v) is 4.41. The standard InChI is InChI=1S/C23H21FN2/c24-17-9-11-18(12-10-17)25-13-15-26(16-14-25)23-21-7-3-1-5-19(21)20-6-2-4-8-22(20)23/h1-12,23H,13-16H2. The second-order valence-corrected chi connectivity index (χ2v) is 7.08. The van der Waals surface area contributed by atoms with Gasteiger partial charge in [0.15, 0.2) is 0 Å². The van der Waals surface area contributed by atoms with E-state index in [0.717, 1.165) is 31.9 Å². The first-order chi connectivity index (χ1) is 12.8. The topological polar surface area (TPSA) is 6.48 Å². The zero-order chi connectivity index (χ0) is 17.5. The van der Waals surface area contributed by atoms with E-state index in [-0.39, 0.29) is 5.82 Å². The van der Waals surface area contributed by atoms with E-state index in [1.807, 2.05) is 12.1 Å². The molecule has 0 unspecified atom stereocenters. The summed E-state index contributed by atoms with van der Waals surface area (Å²) in [6.45, 7) is 3.94. The van der Waals surface area contributed by atoms with Gasteiger partial charge in [-0.3, -0.25) is 4.90 Å². The first-order valence-electron chi connectivity index (χ1n) is 9.24. The summed E-state index contributed by atoms with van der Waals surface area (Å²) in [4.78, 5) is 4.94. The summed E-state index contributed by atoms with van der Waals surface area (Å²) < 4.78 is 13.2. The third-order valence-electron chi connectivity index (χ3n) is 5.67. The van der Waals surface area contributed by atoms with E-state index in [1.54, 1.807) is 12.1 Å². The van der Waals surface area contributed by atoms with Crippen molar-refractivity contribution in [3.05, 3.63) is 89.7 Å². The lowest BCUT2D eigenvalue weighted by atomic mass is 10.0. The van der Waals surface area contributed by atoms with Crippen LogP contribution in [0.4, 0.5) is 10.1 Å². The Kier molecular flexibility index (Phi) is 3.75. The third kappa shape index (κ3) is 2.51. The van der Waals surface area contributed by atoms with Crippen molar-refractivity contribution in [1.29, 1.82) is 0 Å². The first-order valence-corrected chi connectivity index (χ1v) is 9.24. The van der Waals surface area contributed by atoms with Crippen LogP contribution in [0.1, 0.15) is 17.2 Å². The summed E-state index contributed by atoms with van der Waals surface area (Å²) in [6.07, 6.45) is 0. The molecule has 3 aromatic rings. The fraction of sp³-hybridized carbons (Fsp3) is 0.217. The van der Waals surface area contributed by atoms with Gasteiger partial charge in [0.05, 0.1) is 6.04 Å². The van der Waals surface area contributed by atoms with Crippen LogP contribution in [-0.4, -0.2) is 31.1 Å². The Balaban J connectivity index is 1.41. The third-order valence-corrected chi connectivity index (χ3v) is 5.67. The molecule has 26 heavy (non-hydrogen) atoms. The molecule has 0 atom stereocenters. The number of piperazine rings is 1. The van der Waals surface area contributed by atoms with Gasteiger partial charge in [-0.25, -0.2) is 4.39 Å². The minimum Gasteiger partial charge on any atom is -0.369 e. The molecule has 1 saturated heterocycles. The molecule has 1 aliphatic heterocycles. The van der Waals surface area contributed by atoms with Crippen LogP contribution in [-0.2, 0) is 0 Å². The molecule has 2 aliphatic rings. The van der Waals surface area contributed by atoms with Crippen molar-refractivity contribution in [2.45, 2.75) is 6.04 Å². The maximum Gasteiger partial charge on any atom is 0.123 e. The number of hydrogen-bond acceptors (Lipinski definition) is 2. The van der Waals surface area contributed by atoms with E-state index >= 15 is 0 Å². The number of anilines is 1. The molecular weight excluding hydrogens is 323 g/mol. The number of halogens is 1. The van der Waals surface area contributed by atoms with E-state index < -0.39 is 0 Å². The highest BCUT2D eigenvalue weighted by Crippen LogP contribution is 2.46. The van der Waals surface area contributed by atoms with Gasteiger partial charge >= 0.3 is 0 Å². The molecule has 3 heteroatoms. The molecular formula is C23H21FN2. The maximum absolute atomic E-state index is 13.2. The molecule has 0 bridgehead atoms. The SMILES string of the molecule is Fc1ccc(N2CCN(C3c4ccccc4-c4ccccc43)CC2)cc1. The van der Waals surface area contributed by atoms with Gasteiger partial charge in [-0.05, 0) is 46.5 Å². The number of benzene rings is 3. The lowest BCUT2D eigenvalue weighted by Crippen LogP contribution is -2.47. The van der Waals surface area contributed by atoms with Crippen LogP contribution >= 0.6 is 0 Å². The predicted octanol–water partition coefficient (Wildman–Crippen LogP) is 4.72. The highest BCUT2D eigenvalue weighted by molar-refractivity contribution is 5.78. The van der Waals surface area contributed by atoms with Crippen molar-refractivity contribution < 1.29 is 4.39 Å². The molecule has 0 saturated carbocycles. The van der Waals surface area contributed by atoms with Crippen molar-refractivity contribution >= 4 is 5.69 Å². The van der Waals surface area contributed by atoms with Crippen molar-refractivity contribution in [3.63, 3.8) is 0 Å². The van der Waals surface area contributed by atoms with Crippen molar-refractivity contribution in [2.24, 2.45) is 0 Å². The van der Waals surface area contributed by atoms with Crippen LogP contribution in [0.3, 0.4) is 0 Å². The van der Waals surface area contributed by atoms with Gasteiger partial charge in [0.25, 0.3) is 0 Å². The largest absolute Gasteiger partial charge is 0.369 e. The molecule has 0 N–H and O–H groups in total. The lowest BCUT2D eigenvalue weighted by molar-refractivity contribution is 0.215. The quantitative estimate of drug-likeness (QED) is 0.664. The van der Waals surface area contributed by atoms with Crippen LogP contribution in [0.5, 0.6) is 0 Å². The number of nitrogens with zero attached hydrogens (tertiary/aromatic N) is 2. The van der Waals surface area contributed by atoms with Gasteiger partial charge < -0.3 is 4.90 Å². The second kappa shape index (κ2) is 6.26. The Morgan fingerprint density at radius 2 is 1.19 bits per heavy atom. The van der Waals surface area contributed by atoms with Gasteiger partial charge in [0.1, 0.15) is 5.82 Å². The summed E-state index contributed by atoms with van der Waals surface area (Å²) in [6, 6.07) is 24.8. The molecule has 130 valence electrons.